The number of esters is 1. The number of hydrogen-bond donors (Lipinski definition) is 1. The first kappa shape index (κ1) is 18.3. The van der Waals surface area contributed by atoms with Gasteiger partial charge in [0.2, 0.25) is 0 Å². The fourth-order valence-electron chi connectivity index (χ4n) is 2.85. The van der Waals surface area contributed by atoms with E-state index in [0.29, 0.717) is 13.1 Å². The number of carbonyl (C=O) groups is 2. The molecule has 2 rings (SSSR count). The summed E-state index contributed by atoms with van der Waals surface area (Å²) >= 11 is 0. The van der Waals surface area contributed by atoms with Crippen LogP contribution in [0.5, 0.6) is 0 Å². The Labute approximate surface area is 143 Å². The first-order chi connectivity index (χ1) is 11.3. The lowest BCUT2D eigenvalue weighted by atomic mass is 9.93. The van der Waals surface area contributed by atoms with Crippen molar-refractivity contribution in [2.75, 3.05) is 20.2 Å². The molecule has 1 aliphatic heterocycles. The van der Waals surface area contributed by atoms with E-state index in [0.717, 1.165) is 5.56 Å². The Kier molecular flexibility index (Phi) is 5.83. The van der Waals surface area contributed by atoms with Crippen molar-refractivity contribution in [2.45, 2.75) is 44.9 Å². The second-order valence-electron chi connectivity index (χ2n) is 6.86. The van der Waals surface area contributed by atoms with Crippen LogP contribution >= 0.6 is 0 Å². The smallest absolute Gasteiger partial charge is 0.410 e. The van der Waals surface area contributed by atoms with Crippen LogP contribution in [0.15, 0.2) is 30.3 Å². The summed E-state index contributed by atoms with van der Waals surface area (Å²) in [6.45, 7) is 6.61. The Balaban J connectivity index is 2.27. The maximum absolute atomic E-state index is 12.6. The maximum Gasteiger partial charge on any atom is 0.410 e. The highest BCUT2D eigenvalue weighted by Gasteiger charge is 2.38. The van der Waals surface area contributed by atoms with Crippen LogP contribution in [-0.4, -0.2) is 48.8 Å². The van der Waals surface area contributed by atoms with Crippen LogP contribution in [0.1, 0.15) is 38.8 Å². The third-order valence-electron chi connectivity index (χ3n) is 3.89. The third-order valence-corrected chi connectivity index (χ3v) is 3.89. The van der Waals surface area contributed by atoms with Gasteiger partial charge in [0.25, 0.3) is 0 Å². The van der Waals surface area contributed by atoms with Gasteiger partial charge in [0.1, 0.15) is 5.60 Å². The first-order valence-corrected chi connectivity index (χ1v) is 8.16. The summed E-state index contributed by atoms with van der Waals surface area (Å²) < 4.78 is 10.3. The lowest BCUT2D eigenvalue weighted by Gasteiger charge is -2.42. The Morgan fingerprint density at radius 1 is 1.25 bits per heavy atom. The van der Waals surface area contributed by atoms with Crippen molar-refractivity contribution in [1.82, 2.24) is 10.2 Å². The summed E-state index contributed by atoms with van der Waals surface area (Å²) in [5.41, 5.74) is 0.444. The van der Waals surface area contributed by atoms with Crippen LogP contribution in [0.4, 0.5) is 4.79 Å². The molecule has 0 spiro atoms. The van der Waals surface area contributed by atoms with Gasteiger partial charge in [-0.15, -0.1) is 0 Å². The summed E-state index contributed by atoms with van der Waals surface area (Å²) in [6.07, 6.45) is -0.290. The minimum Gasteiger partial charge on any atom is -0.469 e. The molecule has 0 aliphatic carbocycles. The second-order valence-corrected chi connectivity index (χ2v) is 6.86. The van der Waals surface area contributed by atoms with E-state index in [1.54, 1.807) is 4.90 Å². The van der Waals surface area contributed by atoms with E-state index >= 15 is 0 Å². The molecule has 0 saturated carbocycles. The van der Waals surface area contributed by atoms with Crippen molar-refractivity contribution in [2.24, 2.45) is 0 Å². The van der Waals surface area contributed by atoms with E-state index < -0.39 is 11.7 Å². The van der Waals surface area contributed by atoms with Crippen molar-refractivity contribution in [1.29, 1.82) is 0 Å². The van der Waals surface area contributed by atoms with Gasteiger partial charge in [0.05, 0.1) is 25.6 Å². The predicted molar refractivity (Wildman–Crippen MR) is 90.5 cm³/mol. The molecule has 1 heterocycles. The second kappa shape index (κ2) is 7.66. The standard InChI is InChI=1S/C18H26N2O4/c1-18(2,3)24-17(22)20-11-10-19-16(13-8-6-5-7-9-13)14(20)12-15(21)23-4/h5-9,14,16,19H,10-12H2,1-4H3. The van der Waals surface area contributed by atoms with Crippen LogP contribution in [0.2, 0.25) is 0 Å². The summed E-state index contributed by atoms with van der Waals surface area (Å²) in [6, 6.07) is 9.29. The van der Waals surface area contributed by atoms with Gasteiger partial charge in [-0.25, -0.2) is 4.79 Å². The van der Waals surface area contributed by atoms with Gasteiger partial charge in [-0.2, -0.15) is 0 Å². The SMILES string of the molecule is COC(=O)CC1C(c2ccccc2)NCCN1C(=O)OC(C)(C)C. The van der Waals surface area contributed by atoms with Gasteiger partial charge in [-0.1, -0.05) is 30.3 Å². The quantitative estimate of drug-likeness (QED) is 0.860. The topological polar surface area (TPSA) is 67.9 Å². The minimum atomic E-state index is -0.583. The van der Waals surface area contributed by atoms with Crippen molar-refractivity contribution >= 4 is 12.1 Å². The lowest BCUT2D eigenvalue weighted by molar-refractivity contribution is -0.142. The van der Waals surface area contributed by atoms with Crippen LogP contribution < -0.4 is 5.32 Å². The van der Waals surface area contributed by atoms with Crippen molar-refractivity contribution in [3.63, 3.8) is 0 Å². The summed E-state index contributed by atoms with van der Waals surface area (Å²) in [5, 5.41) is 3.41. The Hall–Kier alpha value is -2.08. The zero-order chi connectivity index (χ0) is 17.7. The van der Waals surface area contributed by atoms with Crippen LogP contribution in [0, 0.1) is 0 Å². The normalized spacial score (nSPS) is 21.2. The van der Waals surface area contributed by atoms with Gasteiger partial charge in [-0.05, 0) is 26.3 Å². The maximum atomic E-state index is 12.6. The molecule has 6 heteroatoms. The lowest BCUT2D eigenvalue weighted by Crippen LogP contribution is -2.56. The molecule has 1 saturated heterocycles. The van der Waals surface area contributed by atoms with Crippen molar-refractivity contribution in [3.05, 3.63) is 35.9 Å². The van der Waals surface area contributed by atoms with Crippen LogP contribution in [-0.2, 0) is 14.3 Å². The zero-order valence-electron chi connectivity index (χ0n) is 14.7. The number of methoxy groups -OCH3 is 1. The monoisotopic (exact) mass is 334 g/mol. The van der Waals surface area contributed by atoms with Gasteiger partial charge in [0, 0.05) is 13.1 Å². The number of nitrogens with zero attached hydrogens (tertiary/aromatic N) is 1. The zero-order valence-corrected chi connectivity index (χ0v) is 14.7. The molecule has 24 heavy (non-hydrogen) atoms. The molecule has 1 fully saturated rings. The van der Waals surface area contributed by atoms with Crippen molar-refractivity contribution in [3.8, 4) is 0 Å². The third kappa shape index (κ3) is 4.71. The number of piperazine rings is 1. The molecule has 1 aromatic rings. The minimum absolute atomic E-state index is 0.113. The highest BCUT2D eigenvalue weighted by atomic mass is 16.6. The fraction of sp³-hybridized carbons (Fsp3) is 0.556. The molecule has 1 amide bonds. The number of carbonyl (C=O) groups excluding carboxylic acids is 2. The molecular weight excluding hydrogens is 308 g/mol. The molecule has 6 nitrogen and oxygen atoms in total. The number of rotatable bonds is 3. The van der Waals surface area contributed by atoms with Crippen LogP contribution in [0.3, 0.4) is 0 Å². The molecule has 0 aromatic heterocycles. The number of hydrogen-bond acceptors (Lipinski definition) is 5. The highest BCUT2D eigenvalue weighted by molar-refractivity contribution is 5.73. The molecule has 2 atom stereocenters. The number of benzene rings is 1. The van der Waals surface area contributed by atoms with E-state index in [1.165, 1.54) is 7.11 Å². The Morgan fingerprint density at radius 2 is 1.92 bits per heavy atom. The number of ether oxygens (including phenoxy) is 2. The molecule has 1 aromatic carbocycles. The van der Waals surface area contributed by atoms with E-state index in [4.69, 9.17) is 9.47 Å². The molecule has 1 aliphatic rings. The summed E-state index contributed by atoms with van der Waals surface area (Å²) in [5.74, 6) is -0.349. The molecule has 1 N–H and O–H groups in total. The average molecular weight is 334 g/mol. The molecule has 2 unspecified atom stereocenters. The summed E-state index contributed by atoms with van der Waals surface area (Å²) in [7, 11) is 1.36. The van der Waals surface area contributed by atoms with E-state index in [9.17, 15) is 9.59 Å². The van der Waals surface area contributed by atoms with Gasteiger partial charge >= 0.3 is 12.1 Å². The summed E-state index contributed by atoms with van der Waals surface area (Å²) in [4.78, 5) is 26.1. The predicted octanol–water partition coefficient (Wildman–Crippen LogP) is 2.50. The van der Waals surface area contributed by atoms with E-state index in [1.807, 2.05) is 51.1 Å². The first-order valence-electron chi connectivity index (χ1n) is 8.16. The fourth-order valence-corrected chi connectivity index (χ4v) is 2.85. The van der Waals surface area contributed by atoms with E-state index in [2.05, 4.69) is 5.32 Å². The van der Waals surface area contributed by atoms with Gasteiger partial charge in [-0.3, -0.25) is 4.79 Å². The highest BCUT2D eigenvalue weighted by Crippen LogP contribution is 2.28. The number of amides is 1. The largest absolute Gasteiger partial charge is 0.469 e. The van der Waals surface area contributed by atoms with Gasteiger partial charge in [0.15, 0.2) is 0 Å². The Morgan fingerprint density at radius 3 is 2.50 bits per heavy atom. The van der Waals surface area contributed by atoms with Crippen LogP contribution in [0.25, 0.3) is 0 Å². The molecule has 0 bridgehead atoms. The van der Waals surface area contributed by atoms with Crippen molar-refractivity contribution < 1.29 is 19.1 Å². The number of nitrogens with one attached hydrogen (secondary N) is 1. The molecule has 132 valence electrons. The Bertz CT molecular complexity index is 568. The molecular formula is C18H26N2O4. The molecule has 0 radical (unpaired) electrons. The van der Waals surface area contributed by atoms with E-state index in [-0.39, 0.29) is 24.5 Å². The average Bonchev–Trinajstić information content (AvgIpc) is 2.54. The van der Waals surface area contributed by atoms with Gasteiger partial charge < -0.3 is 19.7 Å².